The lowest BCUT2D eigenvalue weighted by atomic mass is 10.1. The normalized spacial score (nSPS) is 18.6. The molecular weight excluding hydrogens is 290 g/mol. The molecule has 1 atom stereocenters. The summed E-state index contributed by atoms with van der Waals surface area (Å²) in [4.78, 5) is 6.71. The lowest BCUT2D eigenvalue weighted by Crippen LogP contribution is -2.39. The van der Waals surface area contributed by atoms with Crippen molar-refractivity contribution in [1.29, 1.82) is 0 Å². The predicted molar refractivity (Wildman–Crippen MR) is 94.0 cm³/mol. The molecule has 0 amide bonds. The van der Waals surface area contributed by atoms with Crippen molar-refractivity contribution in [2.75, 3.05) is 33.9 Å². The molecule has 1 unspecified atom stereocenters. The van der Waals surface area contributed by atoms with Crippen LogP contribution < -0.4 is 10.1 Å². The number of rotatable bonds is 6. The molecule has 0 saturated carbocycles. The number of aliphatic imine (C=N–C) groups is 1. The number of likely N-dealkylation sites (tertiary alicyclic amines) is 1. The summed E-state index contributed by atoms with van der Waals surface area (Å²) in [5, 5.41) is 3.44. The van der Waals surface area contributed by atoms with Gasteiger partial charge in [-0.3, -0.25) is 4.99 Å². The Hall–Kier alpha value is -1.75. The molecule has 1 aromatic carbocycles. The lowest BCUT2D eigenvalue weighted by Gasteiger charge is -2.21. The van der Waals surface area contributed by atoms with Crippen LogP contribution in [0.5, 0.6) is 5.75 Å². The Balaban J connectivity index is 1.84. The van der Waals surface area contributed by atoms with Gasteiger partial charge in [-0.1, -0.05) is 12.1 Å². The second-order valence-corrected chi connectivity index (χ2v) is 6.27. The van der Waals surface area contributed by atoms with E-state index in [1.807, 2.05) is 33.0 Å². The average molecular weight is 319 g/mol. The standard InChI is InChI=1S/C18H29N3O2/c1-14(2)23-17-7-5-15(6-8-17)11-20-18(19-3)21-10-9-16(12-21)13-22-4/h5-8,14,16H,9-13H2,1-4H3,(H,19,20). The van der Waals surface area contributed by atoms with Gasteiger partial charge in [0, 0.05) is 39.7 Å². The molecule has 1 aromatic rings. The van der Waals surface area contributed by atoms with Gasteiger partial charge in [0.1, 0.15) is 5.75 Å². The van der Waals surface area contributed by atoms with Gasteiger partial charge in [0.15, 0.2) is 5.96 Å². The van der Waals surface area contributed by atoms with Gasteiger partial charge in [-0.05, 0) is 38.0 Å². The number of hydrogen-bond donors (Lipinski definition) is 1. The largest absolute Gasteiger partial charge is 0.491 e. The molecule has 1 fully saturated rings. The molecule has 23 heavy (non-hydrogen) atoms. The average Bonchev–Trinajstić information content (AvgIpc) is 2.98. The van der Waals surface area contributed by atoms with Crippen molar-refractivity contribution in [2.45, 2.75) is 32.9 Å². The molecular formula is C18H29N3O2. The third kappa shape index (κ3) is 5.43. The summed E-state index contributed by atoms with van der Waals surface area (Å²) in [5.41, 5.74) is 1.22. The Morgan fingerprint density at radius 1 is 1.35 bits per heavy atom. The van der Waals surface area contributed by atoms with Crippen molar-refractivity contribution in [2.24, 2.45) is 10.9 Å². The van der Waals surface area contributed by atoms with E-state index in [0.29, 0.717) is 5.92 Å². The van der Waals surface area contributed by atoms with Crippen LogP contribution in [0.25, 0.3) is 0 Å². The molecule has 0 aliphatic carbocycles. The number of benzene rings is 1. The molecule has 128 valence electrons. The van der Waals surface area contributed by atoms with E-state index < -0.39 is 0 Å². The second-order valence-electron chi connectivity index (χ2n) is 6.27. The van der Waals surface area contributed by atoms with E-state index in [1.165, 1.54) is 5.56 Å². The van der Waals surface area contributed by atoms with Crippen LogP contribution in [0.15, 0.2) is 29.3 Å². The first-order chi connectivity index (χ1) is 11.1. The topological polar surface area (TPSA) is 46.1 Å². The highest BCUT2D eigenvalue weighted by Gasteiger charge is 2.24. The highest BCUT2D eigenvalue weighted by atomic mass is 16.5. The van der Waals surface area contributed by atoms with Gasteiger partial charge in [-0.2, -0.15) is 0 Å². The van der Waals surface area contributed by atoms with E-state index in [-0.39, 0.29) is 6.10 Å². The molecule has 1 saturated heterocycles. The summed E-state index contributed by atoms with van der Waals surface area (Å²) >= 11 is 0. The fourth-order valence-corrected chi connectivity index (χ4v) is 2.87. The molecule has 0 radical (unpaired) electrons. The highest BCUT2D eigenvalue weighted by Crippen LogP contribution is 2.17. The molecule has 0 bridgehead atoms. The van der Waals surface area contributed by atoms with E-state index in [9.17, 15) is 0 Å². The van der Waals surface area contributed by atoms with Gasteiger partial charge in [-0.25, -0.2) is 0 Å². The van der Waals surface area contributed by atoms with Gasteiger partial charge < -0.3 is 19.7 Å². The van der Waals surface area contributed by atoms with Crippen LogP contribution >= 0.6 is 0 Å². The number of guanidine groups is 1. The number of ether oxygens (including phenoxy) is 2. The van der Waals surface area contributed by atoms with Crippen molar-refractivity contribution >= 4 is 5.96 Å². The van der Waals surface area contributed by atoms with E-state index in [2.05, 4.69) is 27.3 Å². The molecule has 5 heteroatoms. The molecule has 1 aliphatic heterocycles. The monoisotopic (exact) mass is 319 g/mol. The van der Waals surface area contributed by atoms with Crippen LogP contribution in [0.1, 0.15) is 25.8 Å². The zero-order chi connectivity index (χ0) is 16.7. The fourth-order valence-electron chi connectivity index (χ4n) is 2.87. The molecule has 2 rings (SSSR count). The number of methoxy groups -OCH3 is 1. The maximum atomic E-state index is 5.67. The first-order valence-electron chi connectivity index (χ1n) is 8.32. The first-order valence-corrected chi connectivity index (χ1v) is 8.32. The maximum Gasteiger partial charge on any atom is 0.193 e. The quantitative estimate of drug-likeness (QED) is 0.646. The van der Waals surface area contributed by atoms with Crippen LogP contribution in [0.2, 0.25) is 0 Å². The Morgan fingerprint density at radius 3 is 2.70 bits per heavy atom. The van der Waals surface area contributed by atoms with Crippen molar-refractivity contribution in [3.8, 4) is 5.75 Å². The Bertz CT molecular complexity index is 499. The fraction of sp³-hybridized carbons (Fsp3) is 0.611. The molecule has 1 N–H and O–H groups in total. The Morgan fingerprint density at radius 2 is 2.09 bits per heavy atom. The summed E-state index contributed by atoms with van der Waals surface area (Å²) in [6.07, 6.45) is 1.36. The van der Waals surface area contributed by atoms with Crippen LogP contribution in [0, 0.1) is 5.92 Å². The highest BCUT2D eigenvalue weighted by molar-refractivity contribution is 5.80. The second kappa shape index (κ2) is 8.77. The van der Waals surface area contributed by atoms with Crippen LogP contribution in [-0.4, -0.2) is 50.8 Å². The minimum Gasteiger partial charge on any atom is -0.491 e. The van der Waals surface area contributed by atoms with Crippen LogP contribution in [-0.2, 0) is 11.3 Å². The van der Waals surface area contributed by atoms with Crippen molar-refractivity contribution in [1.82, 2.24) is 10.2 Å². The van der Waals surface area contributed by atoms with Gasteiger partial charge >= 0.3 is 0 Å². The van der Waals surface area contributed by atoms with Gasteiger partial charge in [0.25, 0.3) is 0 Å². The van der Waals surface area contributed by atoms with Crippen molar-refractivity contribution < 1.29 is 9.47 Å². The van der Waals surface area contributed by atoms with Crippen molar-refractivity contribution in [3.05, 3.63) is 29.8 Å². The van der Waals surface area contributed by atoms with Crippen LogP contribution in [0.3, 0.4) is 0 Å². The Labute approximate surface area is 139 Å². The van der Waals surface area contributed by atoms with Gasteiger partial charge in [-0.15, -0.1) is 0 Å². The van der Waals surface area contributed by atoms with Gasteiger partial charge in [0.2, 0.25) is 0 Å². The zero-order valence-corrected chi connectivity index (χ0v) is 14.7. The molecule has 0 aromatic heterocycles. The summed E-state index contributed by atoms with van der Waals surface area (Å²) < 4.78 is 10.9. The van der Waals surface area contributed by atoms with E-state index in [1.54, 1.807) is 7.11 Å². The summed E-state index contributed by atoms with van der Waals surface area (Å²) in [6, 6.07) is 8.22. The first kappa shape index (κ1) is 17.6. The van der Waals surface area contributed by atoms with E-state index in [4.69, 9.17) is 9.47 Å². The van der Waals surface area contributed by atoms with E-state index >= 15 is 0 Å². The molecule has 0 spiro atoms. The SMILES string of the molecule is CN=C(NCc1ccc(OC(C)C)cc1)N1CCC(COC)C1. The zero-order valence-electron chi connectivity index (χ0n) is 14.7. The third-order valence-corrected chi connectivity index (χ3v) is 3.95. The Kier molecular flexibility index (Phi) is 6.71. The van der Waals surface area contributed by atoms with E-state index in [0.717, 1.165) is 44.4 Å². The summed E-state index contributed by atoms with van der Waals surface area (Å²) in [7, 11) is 3.61. The minimum atomic E-state index is 0.202. The smallest absolute Gasteiger partial charge is 0.193 e. The number of nitrogens with zero attached hydrogens (tertiary/aromatic N) is 2. The molecule has 5 nitrogen and oxygen atoms in total. The maximum absolute atomic E-state index is 5.67. The third-order valence-electron chi connectivity index (χ3n) is 3.95. The minimum absolute atomic E-state index is 0.202. The van der Waals surface area contributed by atoms with Gasteiger partial charge in [0.05, 0.1) is 12.7 Å². The number of nitrogens with one attached hydrogen (secondary N) is 1. The molecule has 1 heterocycles. The lowest BCUT2D eigenvalue weighted by molar-refractivity contribution is 0.157. The van der Waals surface area contributed by atoms with Crippen LogP contribution in [0.4, 0.5) is 0 Å². The number of hydrogen-bond acceptors (Lipinski definition) is 3. The predicted octanol–water partition coefficient (Wildman–Crippen LogP) is 2.52. The van der Waals surface area contributed by atoms with Crippen molar-refractivity contribution in [3.63, 3.8) is 0 Å². The summed E-state index contributed by atoms with van der Waals surface area (Å²) in [5.74, 6) is 2.48. The summed E-state index contributed by atoms with van der Waals surface area (Å²) in [6.45, 7) is 7.70. The molecule has 1 aliphatic rings.